The minimum absolute atomic E-state index is 0.170. The molecule has 0 saturated heterocycles. The van der Waals surface area contributed by atoms with E-state index >= 15 is 0 Å². The Labute approximate surface area is 92.2 Å². The maximum Gasteiger partial charge on any atom is 0.320 e. The van der Waals surface area contributed by atoms with Gasteiger partial charge in [-0.05, 0) is 6.42 Å². The van der Waals surface area contributed by atoms with Crippen LogP contribution in [0.1, 0.15) is 32.6 Å². The van der Waals surface area contributed by atoms with Gasteiger partial charge in [-0.3, -0.25) is 0 Å². The summed E-state index contributed by atoms with van der Waals surface area (Å²) in [7, 11) is 4.75. The summed E-state index contributed by atoms with van der Waals surface area (Å²) in [6.07, 6.45) is 4.26. The number of methoxy groups -OCH3 is 3. The number of allylic oxidation sites excluding steroid dienone is 1. The van der Waals surface area contributed by atoms with Gasteiger partial charge in [0.25, 0.3) is 0 Å². The molecular formula is C11H22O4. The maximum absolute atomic E-state index is 5.23. The highest BCUT2D eigenvalue weighted by Gasteiger charge is 2.09. The van der Waals surface area contributed by atoms with E-state index in [1.807, 2.05) is 0 Å². The molecular weight excluding hydrogens is 196 g/mol. The average molecular weight is 218 g/mol. The number of hydrogen-bond acceptors (Lipinski definition) is 4. The number of hydrogen-bond donors (Lipinski definition) is 0. The summed E-state index contributed by atoms with van der Waals surface area (Å²) in [5, 5.41) is 0. The van der Waals surface area contributed by atoms with Crippen molar-refractivity contribution in [1.82, 2.24) is 0 Å². The molecule has 0 heterocycles. The molecule has 0 spiro atoms. The van der Waals surface area contributed by atoms with Gasteiger partial charge in [0.05, 0.1) is 14.2 Å². The van der Waals surface area contributed by atoms with Gasteiger partial charge in [0.1, 0.15) is 0 Å². The lowest BCUT2D eigenvalue weighted by Crippen LogP contribution is -2.04. The topological polar surface area (TPSA) is 36.9 Å². The van der Waals surface area contributed by atoms with E-state index in [0.717, 1.165) is 18.6 Å². The van der Waals surface area contributed by atoms with Gasteiger partial charge in [-0.25, -0.2) is 0 Å². The normalized spacial score (nSPS) is 12.0. The molecule has 0 aliphatic rings. The molecule has 0 saturated carbocycles. The number of ether oxygens (including phenoxy) is 4. The molecule has 0 fully saturated rings. The predicted molar refractivity (Wildman–Crippen MR) is 58.1 cm³/mol. The Morgan fingerprint density at radius 1 is 1.00 bits per heavy atom. The highest BCUT2D eigenvalue weighted by Crippen LogP contribution is 2.15. The van der Waals surface area contributed by atoms with Crippen LogP contribution in [0.3, 0.4) is 0 Å². The quantitative estimate of drug-likeness (QED) is 0.339. The van der Waals surface area contributed by atoms with E-state index in [1.165, 1.54) is 12.8 Å². The van der Waals surface area contributed by atoms with Crippen molar-refractivity contribution in [3.05, 3.63) is 11.7 Å². The summed E-state index contributed by atoms with van der Waals surface area (Å²) in [6, 6.07) is 0. The average Bonchev–Trinajstić information content (AvgIpc) is 2.27. The summed E-state index contributed by atoms with van der Waals surface area (Å²) in [5.41, 5.74) is 0. The molecule has 0 N–H and O–H groups in total. The molecule has 4 heteroatoms. The summed E-state index contributed by atoms with van der Waals surface area (Å²) in [4.78, 5) is 0. The zero-order valence-corrected chi connectivity index (χ0v) is 10.2. The molecule has 0 aromatic rings. The Kier molecular flexibility index (Phi) is 9.07. The molecule has 0 rings (SSSR count). The molecule has 0 aromatic carbocycles. The molecule has 0 radical (unpaired) electrons. The molecule has 90 valence electrons. The van der Waals surface area contributed by atoms with Gasteiger partial charge in [-0.2, -0.15) is 0 Å². The minimum atomic E-state index is 0.170. The van der Waals surface area contributed by atoms with E-state index in [0.29, 0.717) is 5.95 Å². The van der Waals surface area contributed by atoms with Crippen LogP contribution in [-0.4, -0.2) is 28.1 Å². The molecule has 0 atom stereocenters. The molecule has 0 bridgehead atoms. The van der Waals surface area contributed by atoms with Gasteiger partial charge in [0.2, 0.25) is 0 Å². The van der Waals surface area contributed by atoms with Crippen LogP contribution in [0.2, 0.25) is 0 Å². The van der Waals surface area contributed by atoms with Crippen molar-refractivity contribution in [3.63, 3.8) is 0 Å². The molecule has 0 amide bonds. The first-order chi connectivity index (χ1) is 7.29. The van der Waals surface area contributed by atoms with E-state index in [-0.39, 0.29) is 6.79 Å². The lowest BCUT2D eigenvalue weighted by molar-refractivity contribution is -0.0570. The fourth-order valence-corrected chi connectivity index (χ4v) is 1.19. The van der Waals surface area contributed by atoms with E-state index in [2.05, 4.69) is 6.92 Å². The first kappa shape index (κ1) is 14.1. The van der Waals surface area contributed by atoms with Crippen molar-refractivity contribution in [2.75, 3.05) is 28.1 Å². The third kappa shape index (κ3) is 6.23. The van der Waals surface area contributed by atoms with Crippen molar-refractivity contribution < 1.29 is 18.9 Å². The van der Waals surface area contributed by atoms with Gasteiger partial charge in [0, 0.05) is 13.5 Å². The monoisotopic (exact) mass is 218 g/mol. The molecule has 0 aromatic heterocycles. The van der Waals surface area contributed by atoms with E-state index < -0.39 is 0 Å². The van der Waals surface area contributed by atoms with E-state index in [4.69, 9.17) is 18.9 Å². The SMILES string of the molecule is CCCCC/C(OC)=C(\OC)OCOC. The van der Waals surface area contributed by atoms with Crippen molar-refractivity contribution in [1.29, 1.82) is 0 Å². The molecule has 0 aliphatic heterocycles. The lowest BCUT2D eigenvalue weighted by Gasteiger charge is -2.13. The zero-order valence-electron chi connectivity index (χ0n) is 10.2. The fraction of sp³-hybridized carbons (Fsp3) is 0.818. The van der Waals surface area contributed by atoms with Crippen LogP contribution in [0, 0.1) is 0 Å². The summed E-state index contributed by atoms with van der Waals surface area (Å²) in [5.74, 6) is 1.15. The summed E-state index contributed by atoms with van der Waals surface area (Å²) >= 11 is 0. The Bertz CT molecular complexity index is 177. The van der Waals surface area contributed by atoms with Gasteiger partial charge in [-0.15, -0.1) is 0 Å². The number of unbranched alkanes of at least 4 members (excludes halogenated alkanes) is 2. The van der Waals surface area contributed by atoms with Crippen LogP contribution >= 0.6 is 0 Å². The van der Waals surface area contributed by atoms with Crippen LogP contribution in [0.4, 0.5) is 0 Å². The summed E-state index contributed by atoms with van der Waals surface area (Å²) < 4.78 is 20.3. The second-order valence-electron chi connectivity index (χ2n) is 3.13. The lowest BCUT2D eigenvalue weighted by atomic mass is 10.2. The van der Waals surface area contributed by atoms with E-state index in [1.54, 1.807) is 21.3 Å². The van der Waals surface area contributed by atoms with Crippen molar-refractivity contribution in [3.8, 4) is 0 Å². The van der Waals surface area contributed by atoms with Gasteiger partial charge in [-0.1, -0.05) is 19.8 Å². The van der Waals surface area contributed by atoms with Crippen molar-refractivity contribution >= 4 is 0 Å². The molecule has 15 heavy (non-hydrogen) atoms. The highest BCUT2D eigenvalue weighted by molar-refractivity contribution is 4.94. The van der Waals surface area contributed by atoms with Crippen molar-refractivity contribution in [2.24, 2.45) is 0 Å². The summed E-state index contributed by atoms with van der Waals surface area (Å²) in [6.45, 7) is 2.33. The second-order valence-corrected chi connectivity index (χ2v) is 3.13. The first-order valence-electron chi connectivity index (χ1n) is 5.23. The van der Waals surface area contributed by atoms with Crippen molar-refractivity contribution in [2.45, 2.75) is 32.6 Å². The Morgan fingerprint density at radius 3 is 2.20 bits per heavy atom. The fourth-order valence-electron chi connectivity index (χ4n) is 1.19. The predicted octanol–water partition coefficient (Wildman–Crippen LogP) is 2.65. The highest BCUT2D eigenvalue weighted by atomic mass is 16.7. The number of rotatable bonds is 9. The standard InChI is InChI=1S/C11H22O4/c1-5-6-7-8-10(13-3)11(14-4)15-9-12-2/h5-9H2,1-4H3/b11-10-. The molecule has 0 unspecified atom stereocenters. The van der Waals surface area contributed by atoms with Crippen LogP contribution < -0.4 is 0 Å². The van der Waals surface area contributed by atoms with Crippen LogP contribution in [0.25, 0.3) is 0 Å². The molecule has 4 nitrogen and oxygen atoms in total. The largest absolute Gasteiger partial charge is 0.494 e. The Balaban J connectivity index is 4.17. The smallest absolute Gasteiger partial charge is 0.320 e. The Morgan fingerprint density at radius 2 is 1.73 bits per heavy atom. The van der Waals surface area contributed by atoms with Crippen LogP contribution in [-0.2, 0) is 18.9 Å². The van der Waals surface area contributed by atoms with Gasteiger partial charge in [0.15, 0.2) is 12.6 Å². The van der Waals surface area contributed by atoms with Gasteiger partial charge < -0.3 is 18.9 Å². The maximum atomic E-state index is 5.23. The Hall–Kier alpha value is -0.900. The zero-order chi connectivity index (χ0) is 11.5. The minimum Gasteiger partial charge on any atom is -0.494 e. The van der Waals surface area contributed by atoms with E-state index in [9.17, 15) is 0 Å². The first-order valence-corrected chi connectivity index (χ1v) is 5.23. The third-order valence-electron chi connectivity index (χ3n) is 1.97. The van der Waals surface area contributed by atoms with Crippen LogP contribution in [0.15, 0.2) is 11.7 Å². The van der Waals surface area contributed by atoms with Crippen LogP contribution in [0.5, 0.6) is 0 Å². The van der Waals surface area contributed by atoms with Gasteiger partial charge >= 0.3 is 5.95 Å². The molecule has 0 aliphatic carbocycles. The third-order valence-corrected chi connectivity index (χ3v) is 1.97. The second kappa shape index (κ2) is 9.65.